The van der Waals surface area contributed by atoms with E-state index in [-0.39, 0.29) is 5.91 Å². The smallest absolute Gasteiger partial charge is 0.268 e. The zero-order chi connectivity index (χ0) is 24.8. The monoisotopic (exact) mass is 516 g/mol. The van der Waals surface area contributed by atoms with Crippen LogP contribution in [0.2, 0.25) is 0 Å². The number of hydrogen-bond donors (Lipinski definition) is 3. The molecule has 2 aliphatic rings. The lowest BCUT2D eigenvalue weighted by molar-refractivity contribution is 0.100. The lowest BCUT2D eigenvalue weighted by Gasteiger charge is -2.22. The zero-order valence-electron chi connectivity index (χ0n) is 19.9. The Morgan fingerprint density at radius 1 is 1.03 bits per heavy atom. The highest BCUT2D eigenvalue weighted by molar-refractivity contribution is 7.21. The molecule has 2 aliphatic carbocycles. The summed E-state index contributed by atoms with van der Waals surface area (Å²) in [5, 5.41) is 4.35. The van der Waals surface area contributed by atoms with Crippen LogP contribution in [0.5, 0.6) is 0 Å². The van der Waals surface area contributed by atoms with Crippen LogP contribution in [0.1, 0.15) is 78.9 Å². The number of fused-ring (bicyclic) bond motifs is 3. The summed E-state index contributed by atoms with van der Waals surface area (Å²) in [4.78, 5) is 33.1. The highest BCUT2D eigenvalue weighted by Crippen LogP contribution is 2.43. The highest BCUT2D eigenvalue weighted by atomic mass is 32.1. The van der Waals surface area contributed by atoms with Crippen molar-refractivity contribution in [3.63, 3.8) is 0 Å². The number of aromatic nitrogens is 1. The van der Waals surface area contributed by atoms with Crippen LogP contribution in [0, 0.1) is 0 Å². The number of benzene rings is 1. The molecule has 0 radical (unpaired) electrons. The number of carbonyl (C=O) groups is 2. The van der Waals surface area contributed by atoms with E-state index in [4.69, 9.17) is 16.5 Å². The molecule has 6 nitrogen and oxygen atoms in total. The van der Waals surface area contributed by atoms with Crippen molar-refractivity contribution >= 4 is 55.4 Å². The first-order chi connectivity index (χ1) is 17.5. The van der Waals surface area contributed by atoms with Crippen molar-refractivity contribution in [2.75, 3.05) is 11.1 Å². The van der Waals surface area contributed by atoms with Crippen molar-refractivity contribution in [3.05, 3.63) is 74.1 Å². The summed E-state index contributed by atoms with van der Waals surface area (Å²) in [6.07, 6.45) is 8.03. The van der Waals surface area contributed by atoms with Crippen LogP contribution in [0.25, 0.3) is 10.2 Å². The Bertz CT molecular complexity index is 1490. The molecule has 1 unspecified atom stereocenters. The molecule has 3 heterocycles. The van der Waals surface area contributed by atoms with Gasteiger partial charge in [-0.1, -0.05) is 36.8 Å². The van der Waals surface area contributed by atoms with Gasteiger partial charge in [-0.05, 0) is 73.6 Å². The summed E-state index contributed by atoms with van der Waals surface area (Å²) in [5.41, 5.74) is 17.8. The van der Waals surface area contributed by atoms with E-state index in [0.717, 1.165) is 71.3 Å². The Kier molecular flexibility index (Phi) is 6.01. The van der Waals surface area contributed by atoms with Gasteiger partial charge < -0.3 is 16.8 Å². The molecule has 4 aromatic rings. The van der Waals surface area contributed by atoms with Crippen molar-refractivity contribution in [1.82, 2.24) is 4.98 Å². The first-order valence-electron chi connectivity index (χ1n) is 12.5. The summed E-state index contributed by atoms with van der Waals surface area (Å²) >= 11 is 2.78. The fourth-order valence-corrected chi connectivity index (χ4v) is 7.93. The number of nitrogens with two attached hydrogens (primary N) is 2. The summed E-state index contributed by atoms with van der Waals surface area (Å²) in [7, 11) is 0. The predicted octanol–water partition coefficient (Wildman–Crippen LogP) is 5.83. The van der Waals surface area contributed by atoms with Gasteiger partial charge in [0.2, 0.25) is 0 Å². The van der Waals surface area contributed by atoms with Gasteiger partial charge in [0, 0.05) is 16.0 Å². The fraction of sp³-hybridized carbons (Fsp3) is 0.321. The van der Waals surface area contributed by atoms with Gasteiger partial charge >= 0.3 is 0 Å². The average molecular weight is 517 g/mol. The second-order valence-corrected chi connectivity index (χ2v) is 11.8. The molecule has 5 N–H and O–H groups in total. The van der Waals surface area contributed by atoms with E-state index in [2.05, 4.69) is 35.6 Å². The van der Waals surface area contributed by atoms with Gasteiger partial charge in [0.1, 0.15) is 14.7 Å². The number of primary amides is 1. The molecule has 184 valence electrons. The van der Waals surface area contributed by atoms with Crippen LogP contribution in [-0.2, 0) is 25.7 Å². The molecule has 8 heteroatoms. The molecule has 0 saturated carbocycles. The molecule has 3 aromatic heterocycles. The zero-order valence-corrected chi connectivity index (χ0v) is 21.6. The van der Waals surface area contributed by atoms with Gasteiger partial charge in [0.15, 0.2) is 0 Å². The minimum Gasteiger partial charge on any atom is -0.397 e. The highest BCUT2D eigenvalue weighted by Gasteiger charge is 2.30. The molecule has 0 aliphatic heterocycles. The number of hydrogen-bond acceptors (Lipinski definition) is 6. The van der Waals surface area contributed by atoms with Crippen LogP contribution in [0.15, 0.2) is 36.4 Å². The van der Waals surface area contributed by atoms with E-state index in [0.29, 0.717) is 27.0 Å². The Labute approximate surface area is 217 Å². The number of anilines is 2. The predicted molar refractivity (Wildman–Crippen MR) is 147 cm³/mol. The number of thiophene rings is 2. The first-order valence-corrected chi connectivity index (χ1v) is 14.1. The number of carbonyl (C=O) groups excluding carboxylic acids is 2. The second-order valence-electron chi connectivity index (χ2n) is 9.73. The number of nitrogen functional groups attached to an aromatic ring is 1. The molecule has 1 atom stereocenters. The Balaban J connectivity index is 1.31. The average Bonchev–Trinajstić information content (AvgIpc) is 3.29. The molecular weight excluding hydrogens is 488 g/mol. The molecule has 6 rings (SSSR count). The number of nitrogens with one attached hydrogen (secondary N) is 1. The molecule has 0 bridgehead atoms. The quantitative estimate of drug-likeness (QED) is 0.296. The number of pyridine rings is 1. The molecular formula is C28H28N4O2S2. The SMILES string of the molecule is NC(=O)c1c(NC(=O)c2sc3nc4c(cc3c2N)CCCCC4)sc2c1CCC(c1ccccc1)C2. The minimum absolute atomic E-state index is 0.314. The third-order valence-corrected chi connectivity index (χ3v) is 9.75. The van der Waals surface area contributed by atoms with Gasteiger partial charge in [0.05, 0.1) is 11.3 Å². The molecule has 0 spiro atoms. The van der Waals surface area contributed by atoms with Gasteiger partial charge in [-0.2, -0.15) is 0 Å². The second kappa shape index (κ2) is 9.33. The lowest BCUT2D eigenvalue weighted by atomic mass is 9.83. The third-order valence-electron chi connectivity index (χ3n) is 7.47. The van der Waals surface area contributed by atoms with E-state index in [1.165, 1.54) is 40.2 Å². The van der Waals surface area contributed by atoms with Crippen LogP contribution in [-0.4, -0.2) is 16.8 Å². The van der Waals surface area contributed by atoms with Crippen molar-refractivity contribution in [2.45, 2.75) is 57.3 Å². The molecule has 1 aromatic carbocycles. The third kappa shape index (κ3) is 4.08. The van der Waals surface area contributed by atoms with E-state index >= 15 is 0 Å². The normalized spacial score (nSPS) is 17.3. The molecule has 2 amide bonds. The molecule has 0 saturated heterocycles. The molecule has 0 fully saturated rings. The Hall–Kier alpha value is -3.23. The number of amides is 2. The maximum Gasteiger partial charge on any atom is 0.268 e. The van der Waals surface area contributed by atoms with Crippen LogP contribution >= 0.6 is 22.7 Å². The standard InChI is InChI=1S/C28H28N4O2S2/c29-23-19-13-17-9-5-2-6-10-20(17)31-27(19)36-24(23)26(34)32-28-22(25(30)33)18-12-11-16(14-21(18)35-28)15-7-3-1-4-8-15/h1,3-4,7-8,13,16H,2,5-6,9-12,14,29H2,(H2,30,33)(H,32,34). The summed E-state index contributed by atoms with van der Waals surface area (Å²) in [6.45, 7) is 0. The Morgan fingerprint density at radius 2 is 1.83 bits per heavy atom. The van der Waals surface area contributed by atoms with Crippen LogP contribution in [0.4, 0.5) is 10.7 Å². The van der Waals surface area contributed by atoms with Gasteiger partial charge in [-0.25, -0.2) is 4.98 Å². The number of rotatable bonds is 4. The van der Waals surface area contributed by atoms with Crippen LogP contribution < -0.4 is 16.8 Å². The molecule has 36 heavy (non-hydrogen) atoms. The van der Waals surface area contributed by atoms with Crippen molar-refractivity contribution in [3.8, 4) is 0 Å². The number of aryl methyl sites for hydroxylation is 2. The lowest BCUT2D eigenvalue weighted by Crippen LogP contribution is -2.19. The summed E-state index contributed by atoms with van der Waals surface area (Å²) < 4.78 is 0. The van der Waals surface area contributed by atoms with Gasteiger partial charge in [0.25, 0.3) is 11.8 Å². The van der Waals surface area contributed by atoms with E-state index < -0.39 is 5.91 Å². The van der Waals surface area contributed by atoms with Crippen LogP contribution in [0.3, 0.4) is 0 Å². The van der Waals surface area contributed by atoms with Crippen molar-refractivity contribution < 1.29 is 9.59 Å². The van der Waals surface area contributed by atoms with Crippen molar-refractivity contribution in [2.24, 2.45) is 5.73 Å². The maximum absolute atomic E-state index is 13.4. The summed E-state index contributed by atoms with van der Waals surface area (Å²) in [5.74, 6) is -0.428. The van der Waals surface area contributed by atoms with Gasteiger partial charge in [-0.15, -0.1) is 22.7 Å². The fourth-order valence-electron chi connectivity index (χ4n) is 5.61. The topological polar surface area (TPSA) is 111 Å². The minimum atomic E-state index is -0.504. The van der Waals surface area contributed by atoms with E-state index in [9.17, 15) is 9.59 Å². The summed E-state index contributed by atoms with van der Waals surface area (Å²) in [6, 6.07) is 12.6. The van der Waals surface area contributed by atoms with Gasteiger partial charge in [-0.3, -0.25) is 9.59 Å². The van der Waals surface area contributed by atoms with E-state index in [1.54, 1.807) is 0 Å². The number of nitrogens with zero attached hydrogens (tertiary/aromatic N) is 1. The maximum atomic E-state index is 13.4. The first kappa shape index (κ1) is 23.2. The van der Waals surface area contributed by atoms with E-state index in [1.807, 2.05) is 6.07 Å². The Morgan fingerprint density at radius 3 is 2.64 bits per heavy atom. The largest absolute Gasteiger partial charge is 0.397 e. The van der Waals surface area contributed by atoms with Crippen molar-refractivity contribution in [1.29, 1.82) is 0 Å².